The number of aromatic nitrogens is 2. The quantitative estimate of drug-likeness (QED) is 0.665. The van der Waals surface area contributed by atoms with Crippen molar-refractivity contribution < 1.29 is 28.2 Å². The van der Waals surface area contributed by atoms with Crippen LogP contribution in [0, 0.1) is 11.6 Å². The lowest BCUT2D eigenvalue weighted by molar-refractivity contribution is -0.118. The normalized spacial score (nSPS) is 23.9. The smallest absolute Gasteiger partial charge is 0.404 e. The Balaban J connectivity index is 1.48. The molecule has 4 N–H and O–H groups in total. The molecule has 0 bridgehead atoms. The fourth-order valence-corrected chi connectivity index (χ4v) is 4.14. The second-order valence-corrected chi connectivity index (χ2v) is 7.54. The molecule has 2 aliphatic rings. The zero-order chi connectivity index (χ0) is 21.4. The predicted octanol–water partition coefficient (Wildman–Crippen LogP) is 1.13. The largest absolute Gasteiger partial charge is 0.465 e. The van der Waals surface area contributed by atoms with Crippen LogP contribution in [0.15, 0.2) is 24.4 Å². The minimum absolute atomic E-state index is 0.00498. The maximum atomic E-state index is 14.3. The Kier molecular flexibility index (Phi) is 5.39. The van der Waals surface area contributed by atoms with Gasteiger partial charge in [0.25, 0.3) is 0 Å². The highest BCUT2D eigenvalue weighted by Gasteiger charge is 2.39. The second-order valence-electron chi connectivity index (χ2n) is 7.54. The Morgan fingerprint density at radius 1 is 1.33 bits per heavy atom. The molecule has 4 rings (SSSR count). The number of nitrogens with two attached hydrogens (primary N) is 1. The van der Waals surface area contributed by atoms with E-state index in [4.69, 9.17) is 10.5 Å². The predicted molar refractivity (Wildman–Crippen MR) is 99.1 cm³/mol. The molecule has 1 fully saturated rings. The van der Waals surface area contributed by atoms with Gasteiger partial charge in [-0.05, 0) is 24.6 Å². The fourth-order valence-electron chi connectivity index (χ4n) is 4.14. The molecule has 3 atom stereocenters. The van der Waals surface area contributed by atoms with Crippen LogP contribution in [-0.4, -0.2) is 50.5 Å². The molecule has 1 saturated heterocycles. The van der Waals surface area contributed by atoms with Crippen LogP contribution in [0.1, 0.15) is 29.3 Å². The highest BCUT2D eigenvalue weighted by Crippen LogP contribution is 2.35. The third-order valence-corrected chi connectivity index (χ3v) is 5.42. The zero-order valence-corrected chi connectivity index (χ0v) is 15.9. The molecule has 2 aromatic rings. The van der Waals surface area contributed by atoms with Crippen LogP contribution in [0.3, 0.4) is 0 Å². The number of benzene rings is 1. The molecule has 9 nitrogen and oxygen atoms in total. The Labute approximate surface area is 170 Å². The molecule has 3 heterocycles. The van der Waals surface area contributed by atoms with Crippen LogP contribution < -0.4 is 11.1 Å². The molecule has 1 aromatic carbocycles. The van der Waals surface area contributed by atoms with Gasteiger partial charge in [0.05, 0.1) is 18.3 Å². The van der Waals surface area contributed by atoms with Gasteiger partial charge in [-0.25, -0.2) is 13.6 Å². The van der Waals surface area contributed by atoms with Gasteiger partial charge in [0.15, 0.2) is 0 Å². The topological polar surface area (TPSA) is 123 Å². The van der Waals surface area contributed by atoms with Crippen molar-refractivity contribution in [2.75, 3.05) is 6.61 Å². The van der Waals surface area contributed by atoms with E-state index in [9.17, 15) is 23.5 Å². The van der Waals surface area contributed by atoms with E-state index in [-0.39, 0.29) is 24.8 Å². The Bertz CT molecular complexity index is 958. The van der Waals surface area contributed by atoms with Gasteiger partial charge in [-0.1, -0.05) is 0 Å². The lowest BCUT2D eigenvalue weighted by atomic mass is 9.92. The summed E-state index contributed by atoms with van der Waals surface area (Å²) in [6, 6.07) is 2.14. The van der Waals surface area contributed by atoms with Crippen molar-refractivity contribution in [2.45, 2.75) is 44.2 Å². The number of primary amides is 1. The maximum absolute atomic E-state index is 14.3. The molecule has 0 radical (unpaired) electrons. The van der Waals surface area contributed by atoms with Crippen molar-refractivity contribution in [3.8, 4) is 0 Å². The Hall–Kier alpha value is -3.05. The molecule has 0 saturated carbocycles. The van der Waals surface area contributed by atoms with Gasteiger partial charge in [-0.15, -0.1) is 0 Å². The SMILES string of the molecule is NC(=O)Cn1cc2c(n1)CN([C@H]1CO[C@@H](c3cc(F)ccc3F)[C@@H](NC(=O)O)C1)C2. The van der Waals surface area contributed by atoms with Gasteiger partial charge < -0.3 is 20.9 Å². The van der Waals surface area contributed by atoms with E-state index >= 15 is 0 Å². The highest BCUT2D eigenvalue weighted by atomic mass is 19.1. The molecule has 2 aliphatic heterocycles. The summed E-state index contributed by atoms with van der Waals surface area (Å²) < 4.78 is 35.2. The van der Waals surface area contributed by atoms with Crippen LogP contribution in [0.4, 0.5) is 13.6 Å². The molecule has 30 heavy (non-hydrogen) atoms. The molecule has 0 unspecified atom stereocenters. The molecule has 160 valence electrons. The summed E-state index contributed by atoms with van der Waals surface area (Å²) in [5, 5.41) is 16.0. The summed E-state index contributed by atoms with van der Waals surface area (Å²) in [6.45, 7) is 1.30. The van der Waals surface area contributed by atoms with E-state index in [2.05, 4.69) is 15.3 Å². The summed E-state index contributed by atoms with van der Waals surface area (Å²) in [4.78, 5) is 24.4. The first-order valence-corrected chi connectivity index (χ1v) is 9.43. The number of hydrogen-bond acceptors (Lipinski definition) is 5. The lowest BCUT2D eigenvalue weighted by Gasteiger charge is -2.40. The summed E-state index contributed by atoms with van der Waals surface area (Å²) in [5.41, 5.74) is 6.95. The van der Waals surface area contributed by atoms with Crippen LogP contribution in [0.2, 0.25) is 0 Å². The van der Waals surface area contributed by atoms with Gasteiger partial charge in [0.1, 0.15) is 24.3 Å². The van der Waals surface area contributed by atoms with E-state index in [1.165, 1.54) is 4.68 Å². The molecule has 0 aliphatic carbocycles. The highest BCUT2D eigenvalue weighted by molar-refractivity contribution is 5.73. The van der Waals surface area contributed by atoms with Crippen molar-refractivity contribution in [3.63, 3.8) is 0 Å². The van der Waals surface area contributed by atoms with E-state index in [0.717, 1.165) is 29.5 Å². The number of hydrogen-bond donors (Lipinski definition) is 3. The van der Waals surface area contributed by atoms with Gasteiger partial charge in [-0.3, -0.25) is 14.4 Å². The van der Waals surface area contributed by atoms with Crippen LogP contribution >= 0.6 is 0 Å². The van der Waals surface area contributed by atoms with E-state index < -0.39 is 35.8 Å². The molecule has 11 heteroatoms. The number of nitrogens with one attached hydrogen (secondary N) is 1. The average molecular weight is 421 g/mol. The molecule has 1 aromatic heterocycles. The van der Waals surface area contributed by atoms with Gasteiger partial charge in [0.2, 0.25) is 5.91 Å². The zero-order valence-electron chi connectivity index (χ0n) is 15.9. The third-order valence-electron chi connectivity index (χ3n) is 5.42. The first kappa shape index (κ1) is 20.2. The van der Waals surface area contributed by atoms with E-state index in [1.807, 2.05) is 0 Å². The molecule has 2 amide bonds. The summed E-state index contributed by atoms with van der Waals surface area (Å²) in [5.74, 6) is -1.75. The number of ether oxygens (including phenoxy) is 1. The number of carbonyl (C=O) groups excluding carboxylic acids is 1. The van der Waals surface area contributed by atoms with Crippen molar-refractivity contribution in [2.24, 2.45) is 5.73 Å². The average Bonchev–Trinajstić information content (AvgIpc) is 3.21. The number of carbonyl (C=O) groups is 2. The van der Waals surface area contributed by atoms with Crippen molar-refractivity contribution in [3.05, 3.63) is 52.9 Å². The monoisotopic (exact) mass is 421 g/mol. The van der Waals surface area contributed by atoms with Crippen LogP contribution in [0.5, 0.6) is 0 Å². The minimum Gasteiger partial charge on any atom is -0.465 e. The van der Waals surface area contributed by atoms with E-state index in [1.54, 1.807) is 6.20 Å². The standard InChI is InChI=1S/C19H21F2N5O4/c20-11-1-2-14(21)13(3-11)18-15(23-19(28)29)4-12(9-30-18)25-5-10-6-26(8-17(22)27)24-16(10)7-25/h1-3,6,12,15,18,23H,4-5,7-9H2,(H2,22,27)(H,28,29)/t12-,15+,18+/m1/s1. The number of rotatable bonds is 5. The fraction of sp³-hybridized carbons (Fsp3) is 0.421. The molecular weight excluding hydrogens is 400 g/mol. The van der Waals surface area contributed by atoms with Gasteiger partial charge in [-0.2, -0.15) is 5.10 Å². The summed E-state index contributed by atoms with van der Waals surface area (Å²) in [6.07, 6.45) is -0.0727. The van der Waals surface area contributed by atoms with Gasteiger partial charge >= 0.3 is 6.09 Å². The van der Waals surface area contributed by atoms with Crippen LogP contribution in [-0.2, 0) is 29.2 Å². The maximum Gasteiger partial charge on any atom is 0.404 e. The molecular formula is C19H21F2N5O4. The number of halogens is 2. The van der Waals surface area contributed by atoms with Crippen LogP contribution in [0.25, 0.3) is 0 Å². The Morgan fingerprint density at radius 2 is 2.13 bits per heavy atom. The minimum atomic E-state index is -1.27. The summed E-state index contributed by atoms with van der Waals surface area (Å²) >= 11 is 0. The van der Waals surface area contributed by atoms with E-state index in [0.29, 0.717) is 19.5 Å². The first-order valence-electron chi connectivity index (χ1n) is 9.43. The summed E-state index contributed by atoms with van der Waals surface area (Å²) in [7, 11) is 0. The van der Waals surface area contributed by atoms with Crippen molar-refractivity contribution in [1.29, 1.82) is 0 Å². The number of amides is 2. The first-order chi connectivity index (χ1) is 14.3. The Morgan fingerprint density at radius 3 is 2.83 bits per heavy atom. The third kappa shape index (κ3) is 4.12. The second kappa shape index (κ2) is 8.00. The number of fused-ring (bicyclic) bond motifs is 1. The van der Waals surface area contributed by atoms with Crippen molar-refractivity contribution in [1.82, 2.24) is 20.0 Å². The van der Waals surface area contributed by atoms with Gasteiger partial charge in [0, 0.05) is 36.5 Å². The van der Waals surface area contributed by atoms with Crippen molar-refractivity contribution >= 4 is 12.0 Å². The number of carboxylic acid groups (broad SMARTS) is 1. The number of nitrogens with zero attached hydrogens (tertiary/aromatic N) is 3. The molecule has 0 spiro atoms. The lowest BCUT2D eigenvalue weighted by Crippen LogP contribution is -2.51.